The predicted octanol–water partition coefficient (Wildman–Crippen LogP) is 2.59. The third kappa shape index (κ3) is 3.96. The molecule has 0 radical (unpaired) electrons. The number of halogens is 1. The van der Waals surface area contributed by atoms with Crippen molar-refractivity contribution in [1.82, 2.24) is 4.31 Å². The molecule has 0 aliphatic rings. The second-order valence-corrected chi connectivity index (χ2v) is 7.36. The minimum absolute atomic E-state index is 0.156. The highest BCUT2D eigenvalue weighted by atomic mass is 32.2. The van der Waals surface area contributed by atoms with E-state index in [2.05, 4.69) is 0 Å². The van der Waals surface area contributed by atoms with Crippen LogP contribution in [0.4, 0.5) is 4.39 Å². The lowest BCUT2D eigenvalue weighted by atomic mass is 10.1. The van der Waals surface area contributed by atoms with Gasteiger partial charge in [-0.2, -0.15) is 4.31 Å². The van der Waals surface area contributed by atoms with Gasteiger partial charge in [0.2, 0.25) is 10.0 Å². The molecule has 2 N–H and O–H groups in total. The fourth-order valence-corrected chi connectivity index (χ4v) is 4.50. The fraction of sp³-hybridized carbons (Fsp3) is 0.294. The Hall–Kier alpha value is -1.76. The lowest BCUT2D eigenvalue weighted by Crippen LogP contribution is -2.35. The summed E-state index contributed by atoms with van der Waals surface area (Å²) < 4.78 is 40.9. The first kappa shape index (κ1) is 17.6. The van der Waals surface area contributed by atoms with Crippen molar-refractivity contribution in [2.75, 3.05) is 13.1 Å². The van der Waals surface area contributed by atoms with Crippen molar-refractivity contribution in [2.24, 2.45) is 5.73 Å². The van der Waals surface area contributed by atoms with E-state index in [9.17, 15) is 12.8 Å². The highest BCUT2D eigenvalue weighted by Gasteiger charge is 2.27. The Morgan fingerprint density at radius 1 is 1.09 bits per heavy atom. The molecule has 4 nitrogen and oxygen atoms in total. The van der Waals surface area contributed by atoms with Crippen molar-refractivity contribution in [3.8, 4) is 0 Å². The summed E-state index contributed by atoms with van der Waals surface area (Å²) in [5.41, 5.74) is 7.27. The monoisotopic (exact) mass is 336 g/mol. The van der Waals surface area contributed by atoms with E-state index in [0.29, 0.717) is 11.1 Å². The van der Waals surface area contributed by atoms with Crippen molar-refractivity contribution in [1.29, 1.82) is 0 Å². The van der Waals surface area contributed by atoms with Crippen LogP contribution >= 0.6 is 0 Å². The lowest BCUT2D eigenvalue weighted by molar-refractivity contribution is 0.413. The zero-order valence-corrected chi connectivity index (χ0v) is 14.1. The SMILES string of the molecule is Cc1cc(F)cc(C)c1S(=O)(=O)N(CCN)Cc1ccccc1. The molecule has 0 aliphatic carbocycles. The molecule has 0 atom stereocenters. The molecule has 0 fully saturated rings. The molecule has 23 heavy (non-hydrogen) atoms. The second kappa shape index (κ2) is 7.21. The maximum absolute atomic E-state index is 13.5. The van der Waals surface area contributed by atoms with Crippen molar-refractivity contribution in [3.63, 3.8) is 0 Å². The Morgan fingerprint density at radius 2 is 1.65 bits per heavy atom. The average Bonchev–Trinajstić information content (AvgIpc) is 2.46. The van der Waals surface area contributed by atoms with Crippen LogP contribution in [0.15, 0.2) is 47.4 Å². The zero-order chi connectivity index (χ0) is 17.0. The van der Waals surface area contributed by atoms with Crippen LogP contribution in [0.5, 0.6) is 0 Å². The Morgan fingerprint density at radius 3 is 2.17 bits per heavy atom. The van der Waals surface area contributed by atoms with Crippen LogP contribution in [0.1, 0.15) is 16.7 Å². The van der Waals surface area contributed by atoms with Gasteiger partial charge in [-0.05, 0) is 42.7 Å². The Balaban J connectivity index is 2.45. The van der Waals surface area contributed by atoms with Gasteiger partial charge in [-0.1, -0.05) is 30.3 Å². The number of aryl methyl sites for hydroxylation is 2. The van der Waals surface area contributed by atoms with E-state index in [-0.39, 0.29) is 24.5 Å². The molecular formula is C17H21FN2O2S. The van der Waals surface area contributed by atoms with E-state index >= 15 is 0 Å². The number of rotatable bonds is 6. The molecule has 2 aromatic carbocycles. The number of nitrogens with zero attached hydrogens (tertiary/aromatic N) is 1. The number of sulfonamides is 1. The Labute approximate surface area is 136 Å². The Bertz CT molecular complexity index is 753. The van der Waals surface area contributed by atoms with Gasteiger partial charge in [-0.15, -0.1) is 0 Å². The summed E-state index contributed by atoms with van der Waals surface area (Å²) in [6.45, 7) is 3.85. The molecule has 2 aromatic rings. The molecule has 0 spiro atoms. The number of benzene rings is 2. The van der Waals surface area contributed by atoms with Crippen LogP contribution in [0.2, 0.25) is 0 Å². The van der Waals surface area contributed by atoms with Crippen LogP contribution in [0.3, 0.4) is 0 Å². The average molecular weight is 336 g/mol. The summed E-state index contributed by atoms with van der Waals surface area (Å²) in [4.78, 5) is 0.156. The molecule has 6 heteroatoms. The van der Waals surface area contributed by atoms with E-state index in [0.717, 1.165) is 5.56 Å². The van der Waals surface area contributed by atoms with Gasteiger partial charge in [0.25, 0.3) is 0 Å². The molecule has 0 aliphatic heterocycles. The van der Waals surface area contributed by atoms with Gasteiger partial charge in [0, 0.05) is 19.6 Å². The van der Waals surface area contributed by atoms with Crippen LogP contribution in [0, 0.1) is 19.7 Å². The van der Waals surface area contributed by atoms with Crippen molar-refractivity contribution in [3.05, 3.63) is 65.0 Å². The van der Waals surface area contributed by atoms with Gasteiger partial charge in [0.05, 0.1) is 4.90 Å². The minimum Gasteiger partial charge on any atom is -0.329 e. The summed E-state index contributed by atoms with van der Waals surface area (Å²) in [6.07, 6.45) is 0. The quantitative estimate of drug-likeness (QED) is 0.882. The van der Waals surface area contributed by atoms with E-state index in [1.54, 1.807) is 13.8 Å². The highest BCUT2D eigenvalue weighted by molar-refractivity contribution is 7.89. The minimum atomic E-state index is -3.75. The molecule has 0 unspecified atom stereocenters. The van der Waals surface area contributed by atoms with E-state index < -0.39 is 15.8 Å². The summed E-state index contributed by atoms with van der Waals surface area (Å²) in [5.74, 6) is -0.438. The predicted molar refractivity (Wildman–Crippen MR) is 89.0 cm³/mol. The van der Waals surface area contributed by atoms with Crippen LogP contribution in [0.25, 0.3) is 0 Å². The van der Waals surface area contributed by atoms with Gasteiger partial charge in [0.1, 0.15) is 5.82 Å². The van der Waals surface area contributed by atoms with Crippen LogP contribution in [-0.2, 0) is 16.6 Å². The Kier molecular flexibility index (Phi) is 5.51. The number of hydrogen-bond donors (Lipinski definition) is 1. The summed E-state index contributed by atoms with van der Waals surface area (Å²) in [7, 11) is -3.75. The topological polar surface area (TPSA) is 63.4 Å². The third-order valence-corrected chi connectivity index (χ3v) is 5.75. The molecule has 0 amide bonds. The standard InChI is InChI=1S/C17H21FN2O2S/c1-13-10-16(18)11-14(2)17(13)23(21,22)20(9-8-19)12-15-6-4-3-5-7-15/h3-7,10-11H,8-9,12,19H2,1-2H3. The normalized spacial score (nSPS) is 11.9. The van der Waals surface area contributed by atoms with Crippen LogP contribution in [-0.4, -0.2) is 25.8 Å². The molecule has 0 saturated carbocycles. The first-order valence-electron chi connectivity index (χ1n) is 7.37. The molecule has 124 valence electrons. The summed E-state index contributed by atoms with van der Waals surface area (Å²) >= 11 is 0. The van der Waals surface area contributed by atoms with Gasteiger partial charge < -0.3 is 5.73 Å². The first-order valence-corrected chi connectivity index (χ1v) is 8.81. The van der Waals surface area contributed by atoms with Crippen molar-refractivity contribution < 1.29 is 12.8 Å². The summed E-state index contributed by atoms with van der Waals surface area (Å²) in [6, 6.07) is 11.8. The lowest BCUT2D eigenvalue weighted by Gasteiger charge is -2.24. The molecular weight excluding hydrogens is 315 g/mol. The zero-order valence-electron chi connectivity index (χ0n) is 13.3. The molecule has 0 heterocycles. The van der Waals surface area contributed by atoms with E-state index in [4.69, 9.17) is 5.73 Å². The highest BCUT2D eigenvalue weighted by Crippen LogP contribution is 2.26. The van der Waals surface area contributed by atoms with Gasteiger partial charge in [0.15, 0.2) is 0 Å². The van der Waals surface area contributed by atoms with Crippen molar-refractivity contribution in [2.45, 2.75) is 25.3 Å². The fourth-order valence-electron chi connectivity index (χ4n) is 2.65. The smallest absolute Gasteiger partial charge is 0.243 e. The first-order chi connectivity index (χ1) is 10.9. The van der Waals surface area contributed by atoms with Crippen molar-refractivity contribution >= 4 is 10.0 Å². The maximum Gasteiger partial charge on any atom is 0.243 e. The summed E-state index contributed by atoms with van der Waals surface area (Å²) in [5, 5.41) is 0. The van der Waals surface area contributed by atoms with E-state index in [1.165, 1.54) is 16.4 Å². The van der Waals surface area contributed by atoms with Crippen LogP contribution < -0.4 is 5.73 Å². The third-order valence-electron chi connectivity index (χ3n) is 3.60. The largest absolute Gasteiger partial charge is 0.329 e. The molecule has 0 bridgehead atoms. The molecule has 0 saturated heterocycles. The van der Waals surface area contributed by atoms with E-state index in [1.807, 2.05) is 30.3 Å². The maximum atomic E-state index is 13.5. The van der Waals surface area contributed by atoms with Gasteiger partial charge in [-0.25, -0.2) is 12.8 Å². The molecule has 2 rings (SSSR count). The molecule has 0 aromatic heterocycles. The number of nitrogens with two attached hydrogens (primary N) is 1. The second-order valence-electron chi connectivity index (χ2n) is 5.48. The van der Waals surface area contributed by atoms with Gasteiger partial charge in [-0.3, -0.25) is 0 Å². The number of hydrogen-bond acceptors (Lipinski definition) is 3. The van der Waals surface area contributed by atoms with Gasteiger partial charge >= 0.3 is 0 Å².